The zero-order valence-corrected chi connectivity index (χ0v) is 11.7. The molecule has 1 amide bonds. The molecule has 0 unspecified atom stereocenters. The number of fused-ring (bicyclic) bond motifs is 1. The average molecular weight is 275 g/mol. The second-order valence-corrected chi connectivity index (χ2v) is 5.28. The van der Waals surface area contributed by atoms with Gasteiger partial charge in [0.05, 0.1) is 11.4 Å². The molecular formula is C14H17N3OS. The van der Waals surface area contributed by atoms with E-state index in [0.29, 0.717) is 12.3 Å². The lowest BCUT2D eigenvalue weighted by atomic mass is 10.3. The van der Waals surface area contributed by atoms with Gasteiger partial charge in [0.15, 0.2) is 0 Å². The van der Waals surface area contributed by atoms with Crippen molar-refractivity contribution in [3.63, 3.8) is 0 Å². The van der Waals surface area contributed by atoms with Crippen molar-refractivity contribution in [2.45, 2.75) is 12.7 Å². The number of imidazole rings is 1. The van der Waals surface area contributed by atoms with Gasteiger partial charge < -0.3 is 9.72 Å². The topological polar surface area (TPSA) is 46.4 Å². The Morgan fingerprint density at radius 2 is 2.37 bits per heavy atom. The van der Waals surface area contributed by atoms with Gasteiger partial charge >= 0.3 is 0 Å². The summed E-state index contributed by atoms with van der Waals surface area (Å²) in [6.45, 7) is 6.13. The molecule has 0 radical (unpaired) electrons. The SMILES string of the molecule is C=CCNC(=O)CSCc1cn2cc(C)ccc2n1. The van der Waals surface area contributed by atoms with Crippen molar-refractivity contribution in [1.82, 2.24) is 14.7 Å². The Labute approximate surface area is 116 Å². The summed E-state index contributed by atoms with van der Waals surface area (Å²) < 4.78 is 2.02. The highest BCUT2D eigenvalue weighted by molar-refractivity contribution is 7.99. The first-order valence-corrected chi connectivity index (χ1v) is 7.24. The predicted molar refractivity (Wildman–Crippen MR) is 79.3 cm³/mol. The van der Waals surface area contributed by atoms with E-state index in [2.05, 4.69) is 23.8 Å². The summed E-state index contributed by atoms with van der Waals surface area (Å²) in [7, 11) is 0. The van der Waals surface area contributed by atoms with Crippen LogP contribution in [0.3, 0.4) is 0 Å². The zero-order valence-electron chi connectivity index (χ0n) is 10.9. The summed E-state index contributed by atoms with van der Waals surface area (Å²) >= 11 is 1.56. The van der Waals surface area contributed by atoms with E-state index in [1.165, 1.54) is 5.56 Å². The minimum Gasteiger partial charge on any atom is -0.352 e. The van der Waals surface area contributed by atoms with E-state index < -0.39 is 0 Å². The van der Waals surface area contributed by atoms with E-state index in [1.54, 1.807) is 17.8 Å². The molecule has 0 spiro atoms. The van der Waals surface area contributed by atoms with Crippen LogP contribution >= 0.6 is 11.8 Å². The third kappa shape index (κ3) is 3.86. The Morgan fingerprint density at radius 1 is 1.53 bits per heavy atom. The van der Waals surface area contributed by atoms with Crippen LogP contribution in [0.5, 0.6) is 0 Å². The number of hydrogen-bond acceptors (Lipinski definition) is 3. The van der Waals surface area contributed by atoms with E-state index in [1.807, 2.05) is 28.9 Å². The van der Waals surface area contributed by atoms with Gasteiger partial charge in [-0.25, -0.2) is 4.98 Å². The number of nitrogens with one attached hydrogen (secondary N) is 1. The van der Waals surface area contributed by atoms with E-state index >= 15 is 0 Å². The standard InChI is InChI=1S/C14H17N3OS/c1-3-6-15-14(18)10-19-9-12-8-17-7-11(2)4-5-13(17)16-12/h3-5,7-8H,1,6,9-10H2,2H3,(H,15,18). The van der Waals surface area contributed by atoms with Crippen molar-refractivity contribution in [3.05, 3.63) is 48.4 Å². The van der Waals surface area contributed by atoms with Crippen molar-refractivity contribution < 1.29 is 4.79 Å². The Hall–Kier alpha value is -1.75. The predicted octanol–water partition coefficient (Wildman–Crippen LogP) is 2.18. The van der Waals surface area contributed by atoms with E-state index in [4.69, 9.17) is 0 Å². The molecule has 2 rings (SSSR count). The third-order valence-corrected chi connectivity index (χ3v) is 3.54. The molecule has 0 aliphatic rings. The quantitative estimate of drug-likeness (QED) is 0.822. The van der Waals surface area contributed by atoms with Crippen molar-refractivity contribution in [2.75, 3.05) is 12.3 Å². The van der Waals surface area contributed by atoms with Gasteiger partial charge in [0.1, 0.15) is 5.65 Å². The molecule has 0 aliphatic heterocycles. The fourth-order valence-electron chi connectivity index (χ4n) is 1.71. The smallest absolute Gasteiger partial charge is 0.230 e. The van der Waals surface area contributed by atoms with Crippen LogP contribution in [0.1, 0.15) is 11.3 Å². The van der Waals surface area contributed by atoms with Crippen LogP contribution < -0.4 is 5.32 Å². The molecule has 0 saturated carbocycles. The van der Waals surface area contributed by atoms with Crippen molar-refractivity contribution in [3.8, 4) is 0 Å². The van der Waals surface area contributed by atoms with Crippen LogP contribution in [0.25, 0.3) is 5.65 Å². The molecule has 0 aliphatic carbocycles. The van der Waals surface area contributed by atoms with Crippen molar-refractivity contribution >= 4 is 23.3 Å². The van der Waals surface area contributed by atoms with Gasteiger partial charge in [-0.1, -0.05) is 12.1 Å². The maximum atomic E-state index is 11.4. The molecule has 0 fully saturated rings. The highest BCUT2D eigenvalue weighted by atomic mass is 32.2. The molecule has 4 nitrogen and oxygen atoms in total. The monoisotopic (exact) mass is 275 g/mol. The molecular weight excluding hydrogens is 258 g/mol. The largest absolute Gasteiger partial charge is 0.352 e. The lowest BCUT2D eigenvalue weighted by Gasteiger charge is -2.00. The first-order valence-electron chi connectivity index (χ1n) is 6.08. The molecule has 2 heterocycles. The molecule has 100 valence electrons. The third-order valence-electron chi connectivity index (χ3n) is 2.58. The van der Waals surface area contributed by atoms with Crippen LogP contribution in [0.4, 0.5) is 0 Å². The first-order chi connectivity index (χ1) is 9.19. The highest BCUT2D eigenvalue weighted by Gasteiger charge is 2.04. The number of pyridine rings is 1. The lowest BCUT2D eigenvalue weighted by molar-refractivity contribution is -0.118. The van der Waals surface area contributed by atoms with E-state index in [9.17, 15) is 4.79 Å². The average Bonchev–Trinajstić information content (AvgIpc) is 2.78. The number of amides is 1. The van der Waals surface area contributed by atoms with Crippen LogP contribution in [0.2, 0.25) is 0 Å². The molecule has 0 aromatic carbocycles. The number of rotatable bonds is 6. The van der Waals surface area contributed by atoms with Gasteiger partial charge in [-0.3, -0.25) is 4.79 Å². The Balaban J connectivity index is 1.88. The summed E-state index contributed by atoms with van der Waals surface area (Å²) in [6, 6.07) is 4.04. The number of aryl methyl sites for hydroxylation is 1. The Morgan fingerprint density at radius 3 is 3.16 bits per heavy atom. The van der Waals surface area contributed by atoms with Gasteiger partial charge in [0, 0.05) is 24.7 Å². The van der Waals surface area contributed by atoms with Gasteiger partial charge in [-0.15, -0.1) is 18.3 Å². The van der Waals surface area contributed by atoms with Gasteiger partial charge in [0.2, 0.25) is 5.91 Å². The van der Waals surface area contributed by atoms with Gasteiger partial charge in [0.25, 0.3) is 0 Å². The minimum atomic E-state index is 0.0320. The normalized spacial score (nSPS) is 10.6. The number of carbonyl (C=O) groups excluding carboxylic acids is 1. The number of hydrogen-bond donors (Lipinski definition) is 1. The van der Waals surface area contributed by atoms with E-state index in [0.717, 1.165) is 17.1 Å². The molecule has 1 N–H and O–H groups in total. The van der Waals surface area contributed by atoms with Gasteiger partial charge in [-0.2, -0.15) is 0 Å². The molecule has 0 saturated heterocycles. The number of nitrogens with zero attached hydrogens (tertiary/aromatic N) is 2. The molecule has 19 heavy (non-hydrogen) atoms. The number of aromatic nitrogens is 2. The van der Waals surface area contributed by atoms with Crippen LogP contribution in [-0.4, -0.2) is 27.6 Å². The highest BCUT2D eigenvalue weighted by Crippen LogP contribution is 2.13. The number of carbonyl (C=O) groups is 1. The fraction of sp³-hybridized carbons (Fsp3) is 0.286. The molecule has 0 atom stereocenters. The maximum absolute atomic E-state index is 11.4. The minimum absolute atomic E-state index is 0.0320. The second-order valence-electron chi connectivity index (χ2n) is 4.29. The van der Waals surface area contributed by atoms with Crippen LogP contribution in [0.15, 0.2) is 37.2 Å². The van der Waals surface area contributed by atoms with E-state index in [-0.39, 0.29) is 5.91 Å². The molecule has 0 bridgehead atoms. The lowest BCUT2D eigenvalue weighted by Crippen LogP contribution is -2.24. The molecule has 2 aromatic rings. The Bertz CT molecular complexity index is 591. The van der Waals surface area contributed by atoms with Crippen molar-refractivity contribution in [2.24, 2.45) is 0 Å². The summed E-state index contributed by atoms with van der Waals surface area (Å²) in [4.78, 5) is 15.9. The summed E-state index contributed by atoms with van der Waals surface area (Å²) in [5.74, 6) is 1.22. The number of thioether (sulfide) groups is 1. The van der Waals surface area contributed by atoms with Crippen molar-refractivity contribution in [1.29, 1.82) is 0 Å². The van der Waals surface area contributed by atoms with Crippen LogP contribution in [0, 0.1) is 6.92 Å². The van der Waals surface area contributed by atoms with Crippen LogP contribution in [-0.2, 0) is 10.5 Å². The Kier molecular flexibility index (Phi) is 4.63. The zero-order chi connectivity index (χ0) is 13.7. The molecule has 2 aromatic heterocycles. The molecule has 5 heteroatoms. The summed E-state index contributed by atoms with van der Waals surface area (Å²) in [6.07, 6.45) is 5.73. The first kappa shape index (κ1) is 13.7. The fourth-order valence-corrected chi connectivity index (χ4v) is 2.45. The summed E-state index contributed by atoms with van der Waals surface area (Å²) in [5, 5.41) is 2.75. The maximum Gasteiger partial charge on any atom is 0.230 e. The second kappa shape index (κ2) is 6.43. The van der Waals surface area contributed by atoms with Gasteiger partial charge in [-0.05, 0) is 18.6 Å². The summed E-state index contributed by atoms with van der Waals surface area (Å²) in [5.41, 5.74) is 3.14.